The Morgan fingerprint density at radius 2 is 1.81 bits per heavy atom. The lowest BCUT2D eigenvalue weighted by Crippen LogP contribution is -2.35. The van der Waals surface area contributed by atoms with Gasteiger partial charge in [0.05, 0.1) is 24.0 Å². The first kappa shape index (κ1) is 24.1. The summed E-state index contributed by atoms with van der Waals surface area (Å²) in [4.78, 5) is 23.4. The van der Waals surface area contributed by atoms with Gasteiger partial charge in [0, 0.05) is 23.7 Å². The van der Waals surface area contributed by atoms with Crippen LogP contribution < -0.4 is 5.73 Å². The maximum Gasteiger partial charge on any atom is 0.254 e. The SMILES string of the molecule is Cc1coc(CN(C)C(=O)c2cc(-c3ncco3)cc(-c3nnc(C(C)(N)Cc4ccccc4)o3)c2)n1. The van der Waals surface area contributed by atoms with Gasteiger partial charge < -0.3 is 23.9 Å². The van der Waals surface area contributed by atoms with Gasteiger partial charge in [0.1, 0.15) is 12.5 Å². The molecule has 0 radical (unpaired) electrons. The fraction of sp³-hybridized carbons (Fsp3) is 0.222. The Bertz CT molecular complexity index is 1500. The lowest BCUT2D eigenvalue weighted by Gasteiger charge is -2.20. The van der Waals surface area contributed by atoms with Crippen molar-refractivity contribution in [3.05, 3.63) is 95.9 Å². The van der Waals surface area contributed by atoms with E-state index >= 15 is 0 Å². The molecule has 0 aliphatic carbocycles. The predicted molar refractivity (Wildman–Crippen MR) is 134 cm³/mol. The van der Waals surface area contributed by atoms with Gasteiger partial charge >= 0.3 is 0 Å². The number of hydrogen-bond acceptors (Lipinski definition) is 9. The van der Waals surface area contributed by atoms with Crippen molar-refractivity contribution in [1.82, 2.24) is 25.1 Å². The average molecular weight is 499 g/mol. The second-order valence-corrected chi connectivity index (χ2v) is 9.17. The van der Waals surface area contributed by atoms with Crippen LogP contribution in [-0.4, -0.2) is 38.0 Å². The van der Waals surface area contributed by atoms with Crippen LogP contribution in [0.25, 0.3) is 22.9 Å². The van der Waals surface area contributed by atoms with Crippen molar-refractivity contribution in [1.29, 1.82) is 0 Å². The predicted octanol–water partition coefficient (Wildman–Crippen LogP) is 4.38. The smallest absolute Gasteiger partial charge is 0.254 e. The summed E-state index contributed by atoms with van der Waals surface area (Å²) in [5.74, 6) is 1.07. The van der Waals surface area contributed by atoms with Crippen molar-refractivity contribution in [3.63, 3.8) is 0 Å². The number of benzene rings is 2. The van der Waals surface area contributed by atoms with E-state index in [0.29, 0.717) is 34.9 Å². The first-order valence-electron chi connectivity index (χ1n) is 11.7. The number of oxazole rings is 2. The molecule has 1 atom stereocenters. The molecule has 0 aliphatic rings. The fourth-order valence-corrected chi connectivity index (χ4v) is 4.00. The van der Waals surface area contributed by atoms with Crippen molar-refractivity contribution in [3.8, 4) is 22.9 Å². The maximum atomic E-state index is 13.3. The van der Waals surface area contributed by atoms with E-state index in [2.05, 4.69) is 20.2 Å². The molecule has 1 amide bonds. The summed E-state index contributed by atoms with van der Waals surface area (Å²) in [5.41, 5.74) is 8.98. The Labute approximate surface area is 213 Å². The van der Waals surface area contributed by atoms with Crippen molar-refractivity contribution >= 4 is 5.91 Å². The van der Waals surface area contributed by atoms with Gasteiger partial charge in [-0.05, 0) is 44.0 Å². The third kappa shape index (κ3) is 5.34. The number of rotatable bonds is 8. The van der Waals surface area contributed by atoms with Crippen LogP contribution in [0.4, 0.5) is 0 Å². The number of aryl methyl sites for hydroxylation is 1. The Morgan fingerprint density at radius 3 is 2.49 bits per heavy atom. The largest absolute Gasteiger partial charge is 0.447 e. The zero-order chi connectivity index (χ0) is 26.0. The van der Waals surface area contributed by atoms with E-state index in [-0.39, 0.29) is 24.2 Å². The van der Waals surface area contributed by atoms with E-state index in [0.717, 1.165) is 11.3 Å². The lowest BCUT2D eigenvalue weighted by molar-refractivity contribution is 0.0773. The number of carbonyl (C=O) groups excluding carboxylic acids is 1. The van der Waals surface area contributed by atoms with E-state index < -0.39 is 5.54 Å². The molecule has 0 saturated heterocycles. The van der Waals surface area contributed by atoms with Crippen LogP contribution in [0.15, 0.2) is 80.5 Å². The van der Waals surface area contributed by atoms with Crippen molar-refractivity contribution in [2.24, 2.45) is 5.73 Å². The molecular formula is C27H26N6O4. The molecular weight excluding hydrogens is 472 g/mol. The van der Waals surface area contributed by atoms with Gasteiger partial charge in [0.2, 0.25) is 23.6 Å². The van der Waals surface area contributed by atoms with Crippen molar-refractivity contribution < 1.29 is 18.0 Å². The molecule has 3 aromatic heterocycles. The first-order valence-corrected chi connectivity index (χ1v) is 11.7. The quantitative estimate of drug-likeness (QED) is 0.330. The summed E-state index contributed by atoms with van der Waals surface area (Å²) >= 11 is 0. The minimum absolute atomic E-state index is 0.209. The number of nitrogens with two attached hydrogens (primary N) is 1. The van der Waals surface area contributed by atoms with E-state index in [1.807, 2.05) is 44.2 Å². The van der Waals surface area contributed by atoms with Gasteiger partial charge in [-0.15, -0.1) is 10.2 Å². The summed E-state index contributed by atoms with van der Waals surface area (Å²) < 4.78 is 16.9. The summed E-state index contributed by atoms with van der Waals surface area (Å²) in [5, 5.41) is 8.46. The van der Waals surface area contributed by atoms with Gasteiger partial charge in [-0.1, -0.05) is 30.3 Å². The summed E-state index contributed by atoms with van der Waals surface area (Å²) in [6.45, 7) is 3.88. The molecule has 37 heavy (non-hydrogen) atoms. The van der Waals surface area contributed by atoms with Gasteiger partial charge in [-0.2, -0.15) is 0 Å². The van der Waals surface area contributed by atoms with Crippen molar-refractivity contribution in [2.75, 3.05) is 7.05 Å². The van der Waals surface area contributed by atoms with Crippen LogP contribution in [0.5, 0.6) is 0 Å². The van der Waals surface area contributed by atoms with Gasteiger partial charge in [0.25, 0.3) is 5.91 Å². The standard InChI is InChI=1S/C27H26N6O4/c1-17-16-36-22(30-17)15-33(3)25(34)21-12-19(23-29-9-10-35-23)11-20(13-21)24-31-32-26(37-24)27(2,28)14-18-7-5-4-6-8-18/h4-13,16H,14-15,28H2,1-3H3. The average Bonchev–Trinajstić information content (AvgIpc) is 3.66. The van der Waals surface area contributed by atoms with Gasteiger partial charge in [-0.25, -0.2) is 9.97 Å². The highest BCUT2D eigenvalue weighted by Crippen LogP contribution is 2.30. The first-order chi connectivity index (χ1) is 17.8. The molecule has 0 aliphatic heterocycles. The van der Waals surface area contributed by atoms with Crippen molar-refractivity contribution in [2.45, 2.75) is 32.4 Å². The van der Waals surface area contributed by atoms with Crippen LogP contribution in [-0.2, 0) is 18.5 Å². The molecule has 10 nitrogen and oxygen atoms in total. The molecule has 188 valence electrons. The van der Waals surface area contributed by atoms with Crippen LogP contribution in [0.1, 0.15) is 40.3 Å². The molecule has 5 aromatic rings. The minimum Gasteiger partial charge on any atom is -0.447 e. The second kappa shape index (κ2) is 9.82. The van der Waals surface area contributed by atoms with E-state index in [9.17, 15) is 4.79 Å². The molecule has 10 heteroatoms. The van der Waals surface area contributed by atoms with Crippen LogP contribution in [0.3, 0.4) is 0 Å². The number of nitrogens with zero attached hydrogens (tertiary/aromatic N) is 5. The van der Waals surface area contributed by atoms with E-state index in [1.165, 1.54) is 17.4 Å². The molecule has 0 bridgehead atoms. The monoisotopic (exact) mass is 498 g/mol. The highest BCUT2D eigenvalue weighted by atomic mass is 16.4. The molecule has 2 aromatic carbocycles. The number of hydrogen-bond donors (Lipinski definition) is 1. The zero-order valence-corrected chi connectivity index (χ0v) is 20.7. The topological polar surface area (TPSA) is 137 Å². The second-order valence-electron chi connectivity index (χ2n) is 9.17. The molecule has 0 spiro atoms. The van der Waals surface area contributed by atoms with Gasteiger partial charge in [-0.3, -0.25) is 4.79 Å². The Kier molecular flexibility index (Phi) is 6.41. The molecule has 2 N–H and O–H groups in total. The molecule has 1 unspecified atom stereocenters. The number of aromatic nitrogens is 4. The van der Waals surface area contributed by atoms with Crippen LogP contribution in [0.2, 0.25) is 0 Å². The Balaban J connectivity index is 1.47. The molecule has 3 heterocycles. The molecule has 0 fully saturated rings. The van der Waals surface area contributed by atoms with Gasteiger partial charge in [0.15, 0.2) is 0 Å². The molecule has 0 saturated carbocycles. The third-order valence-electron chi connectivity index (χ3n) is 5.82. The normalized spacial score (nSPS) is 12.9. The lowest BCUT2D eigenvalue weighted by atomic mass is 9.94. The molecule has 5 rings (SSSR count). The highest BCUT2D eigenvalue weighted by Gasteiger charge is 2.29. The Hall–Kier alpha value is -4.57. The zero-order valence-electron chi connectivity index (χ0n) is 20.7. The third-order valence-corrected chi connectivity index (χ3v) is 5.82. The van der Waals surface area contributed by atoms with Crippen LogP contribution >= 0.6 is 0 Å². The summed E-state index contributed by atoms with van der Waals surface area (Å²) in [6.07, 6.45) is 5.06. The Morgan fingerprint density at radius 1 is 1.05 bits per heavy atom. The summed E-state index contributed by atoms with van der Waals surface area (Å²) in [7, 11) is 1.67. The maximum absolute atomic E-state index is 13.3. The van der Waals surface area contributed by atoms with E-state index in [1.54, 1.807) is 31.5 Å². The summed E-state index contributed by atoms with van der Waals surface area (Å²) in [6, 6.07) is 15.0. The number of carbonyl (C=O) groups is 1. The highest BCUT2D eigenvalue weighted by molar-refractivity contribution is 5.96. The minimum atomic E-state index is -0.889. The van der Waals surface area contributed by atoms with E-state index in [4.69, 9.17) is 19.0 Å². The number of amides is 1. The fourth-order valence-electron chi connectivity index (χ4n) is 4.00. The van der Waals surface area contributed by atoms with Crippen LogP contribution in [0, 0.1) is 6.92 Å².